The van der Waals surface area contributed by atoms with E-state index in [0.717, 1.165) is 17.8 Å². The number of nitrogens with zero attached hydrogens (tertiary/aromatic N) is 3. The van der Waals surface area contributed by atoms with Gasteiger partial charge < -0.3 is 8.83 Å². The molecule has 3 aromatic rings. The van der Waals surface area contributed by atoms with Gasteiger partial charge in [0.15, 0.2) is 10.4 Å². The fraction of sp³-hybridized carbons (Fsp3) is 0.312. The van der Waals surface area contributed by atoms with Crippen LogP contribution in [0.4, 0.5) is 6.01 Å². The van der Waals surface area contributed by atoms with Gasteiger partial charge >= 0.3 is 6.01 Å². The molecule has 3 aromatic heterocycles. The molecule has 1 amide bonds. The summed E-state index contributed by atoms with van der Waals surface area (Å²) in [6, 6.07) is 5.23. The number of thiophene rings is 1. The van der Waals surface area contributed by atoms with Gasteiger partial charge in [-0.1, -0.05) is 23.1 Å². The van der Waals surface area contributed by atoms with Crippen LogP contribution in [0.15, 0.2) is 42.0 Å². The van der Waals surface area contributed by atoms with Crippen LogP contribution >= 0.6 is 38.9 Å². The summed E-state index contributed by atoms with van der Waals surface area (Å²) in [6.45, 7) is 0.242. The smallest absolute Gasteiger partial charge is 0.322 e. The standard InChI is InChI=1S/C16H14BrClN4O5S2/c17-11-5-4-10(26-11)15-20-21-16(27-15)19-14(23)9-3-1-2-8-22(9)29(24,25)13-7-6-12(18)28-13/h4-7,9H,1-3,8H2,(H,19,21,23). The zero-order chi connectivity index (χ0) is 20.6. The van der Waals surface area contributed by atoms with Crippen molar-refractivity contribution in [2.45, 2.75) is 29.5 Å². The van der Waals surface area contributed by atoms with Crippen molar-refractivity contribution in [1.29, 1.82) is 0 Å². The molecular formula is C16H14BrClN4O5S2. The number of nitrogens with one attached hydrogen (secondary N) is 1. The van der Waals surface area contributed by atoms with Crippen LogP contribution in [0.5, 0.6) is 0 Å². The number of furan rings is 1. The minimum absolute atomic E-state index is 0.0901. The molecule has 9 nitrogen and oxygen atoms in total. The number of hydrogen-bond acceptors (Lipinski definition) is 8. The summed E-state index contributed by atoms with van der Waals surface area (Å²) in [5, 5.41) is 10.1. The van der Waals surface area contributed by atoms with Gasteiger partial charge in [0.2, 0.25) is 5.91 Å². The molecule has 0 bridgehead atoms. The van der Waals surface area contributed by atoms with Crippen LogP contribution in [-0.2, 0) is 14.8 Å². The van der Waals surface area contributed by atoms with E-state index < -0.39 is 22.0 Å². The van der Waals surface area contributed by atoms with Crippen molar-refractivity contribution < 1.29 is 22.0 Å². The Kier molecular flexibility index (Phi) is 5.80. The van der Waals surface area contributed by atoms with Crippen LogP contribution < -0.4 is 5.32 Å². The number of rotatable bonds is 5. The number of piperidine rings is 1. The predicted octanol–water partition coefficient (Wildman–Crippen LogP) is 3.99. The van der Waals surface area contributed by atoms with Gasteiger partial charge in [-0.15, -0.1) is 16.4 Å². The van der Waals surface area contributed by atoms with Gasteiger partial charge in [-0.25, -0.2) is 8.42 Å². The molecular weight excluding hydrogens is 508 g/mol. The van der Waals surface area contributed by atoms with Crippen molar-refractivity contribution in [2.75, 3.05) is 11.9 Å². The molecule has 1 unspecified atom stereocenters. The number of hydrogen-bond donors (Lipinski definition) is 1. The molecule has 1 N–H and O–H groups in total. The summed E-state index contributed by atoms with van der Waals surface area (Å²) in [6.07, 6.45) is 1.78. The summed E-state index contributed by atoms with van der Waals surface area (Å²) >= 11 is 10.0. The fourth-order valence-electron chi connectivity index (χ4n) is 3.00. The first-order valence-corrected chi connectivity index (χ1v) is 11.9. The Morgan fingerprint density at radius 1 is 1.24 bits per heavy atom. The van der Waals surface area contributed by atoms with Gasteiger partial charge in [0.1, 0.15) is 10.3 Å². The number of carbonyl (C=O) groups excluding carboxylic acids is 1. The zero-order valence-corrected chi connectivity index (χ0v) is 18.6. The largest absolute Gasteiger partial charge is 0.444 e. The van der Waals surface area contributed by atoms with Crippen molar-refractivity contribution in [1.82, 2.24) is 14.5 Å². The molecule has 13 heteroatoms. The van der Waals surface area contributed by atoms with Gasteiger partial charge in [-0.05, 0) is 53.0 Å². The third-order valence-corrected chi connectivity index (χ3v) is 8.34. The van der Waals surface area contributed by atoms with Crippen LogP contribution in [0.25, 0.3) is 11.7 Å². The van der Waals surface area contributed by atoms with Gasteiger partial charge in [-0.3, -0.25) is 10.1 Å². The van der Waals surface area contributed by atoms with E-state index in [4.69, 9.17) is 20.4 Å². The molecule has 4 heterocycles. The predicted molar refractivity (Wildman–Crippen MR) is 109 cm³/mol. The van der Waals surface area contributed by atoms with Gasteiger partial charge in [0, 0.05) is 6.54 Å². The number of aromatic nitrogens is 2. The molecule has 4 rings (SSSR count). The quantitative estimate of drug-likeness (QED) is 0.539. The Labute approximate surface area is 183 Å². The molecule has 1 aliphatic heterocycles. The minimum atomic E-state index is -3.84. The van der Waals surface area contributed by atoms with Gasteiger partial charge in [0.05, 0.1) is 4.34 Å². The van der Waals surface area contributed by atoms with Crippen molar-refractivity contribution in [3.05, 3.63) is 33.3 Å². The SMILES string of the molecule is O=C(Nc1nnc(-c2ccc(Br)o2)o1)C1CCCCN1S(=O)(=O)c1ccc(Cl)s1. The molecule has 1 saturated heterocycles. The van der Waals surface area contributed by atoms with Crippen LogP contribution in [0.2, 0.25) is 4.34 Å². The molecule has 1 aliphatic rings. The molecule has 29 heavy (non-hydrogen) atoms. The first-order valence-electron chi connectivity index (χ1n) is 8.52. The van der Waals surface area contributed by atoms with Crippen molar-refractivity contribution in [3.63, 3.8) is 0 Å². The Balaban J connectivity index is 1.53. The van der Waals surface area contributed by atoms with Crippen molar-refractivity contribution in [3.8, 4) is 11.7 Å². The highest BCUT2D eigenvalue weighted by molar-refractivity contribution is 9.10. The molecule has 0 saturated carbocycles. The third-order valence-electron chi connectivity index (χ3n) is 4.31. The monoisotopic (exact) mass is 520 g/mol. The minimum Gasteiger partial charge on any atom is -0.444 e. The second kappa shape index (κ2) is 8.19. The lowest BCUT2D eigenvalue weighted by atomic mass is 10.0. The summed E-state index contributed by atoms with van der Waals surface area (Å²) in [5.41, 5.74) is 0. The number of anilines is 1. The molecule has 1 fully saturated rings. The summed E-state index contributed by atoms with van der Waals surface area (Å²) in [7, 11) is -3.84. The molecule has 154 valence electrons. The topological polar surface area (TPSA) is 119 Å². The molecule has 0 aromatic carbocycles. The number of carbonyl (C=O) groups is 1. The molecule has 0 radical (unpaired) electrons. The lowest BCUT2D eigenvalue weighted by molar-refractivity contribution is -0.120. The lowest BCUT2D eigenvalue weighted by Crippen LogP contribution is -2.49. The van der Waals surface area contributed by atoms with Crippen LogP contribution in [0, 0.1) is 0 Å². The third kappa shape index (κ3) is 4.26. The highest BCUT2D eigenvalue weighted by Crippen LogP contribution is 2.32. The Hall–Kier alpha value is -1.73. The zero-order valence-electron chi connectivity index (χ0n) is 14.7. The van der Waals surface area contributed by atoms with Crippen LogP contribution in [0.1, 0.15) is 19.3 Å². The highest BCUT2D eigenvalue weighted by atomic mass is 79.9. The maximum Gasteiger partial charge on any atom is 0.322 e. The first-order chi connectivity index (χ1) is 13.8. The average molecular weight is 522 g/mol. The fourth-order valence-corrected chi connectivity index (χ4v) is 6.57. The van der Waals surface area contributed by atoms with E-state index in [1.54, 1.807) is 12.1 Å². The number of halogens is 2. The summed E-state index contributed by atoms with van der Waals surface area (Å²) in [5.74, 6) is -0.111. The highest BCUT2D eigenvalue weighted by Gasteiger charge is 2.38. The maximum absolute atomic E-state index is 13.0. The maximum atomic E-state index is 13.0. The Morgan fingerprint density at radius 3 is 2.76 bits per heavy atom. The summed E-state index contributed by atoms with van der Waals surface area (Å²) < 4.78 is 38.9. The molecule has 1 atom stereocenters. The van der Waals surface area contributed by atoms with E-state index in [1.165, 1.54) is 16.4 Å². The van der Waals surface area contributed by atoms with E-state index in [9.17, 15) is 13.2 Å². The molecule has 0 spiro atoms. The first kappa shape index (κ1) is 20.5. The van der Waals surface area contributed by atoms with Crippen molar-refractivity contribution in [2.24, 2.45) is 0 Å². The van der Waals surface area contributed by atoms with Crippen LogP contribution in [-0.4, -0.2) is 41.4 Å². The van der Waals surface area contributed by atoms with E-state index >= 15 is 0 Å². The van der Waals surface area contributed by atoms with E-state index in [-0.39, 0.29) is 22.7 Å². The second-order valence-electron chi connectivity index (χ2n) is 6.19. The number of sulfonamides is 1. The lowest BCUT2D eigenvalue weighted by Gasteiger charge is -2.32. The van der Waals surface area contributed by atoms with E-state index in [0.29, 0.717) is 27.6 Å². The summed E-state index contributed by atoms with van der Waals surface area (Å²) in [4.78, 5) is 12.8. The Bertz CT molecular complexity index is 1140. The van der Waals surface area contributed by atoms with Gasteiger partial charge in [0.25, 0.3) is 15.9 Å². The average Bonchev–Trinajstić information content (AvgIpc) is 3.43. The second-order valence-corrected chi connectivity index (χ2v) is 10.8. The van der Waals surface area contributed by atoms with E-state index in [2.05, 4.69) is 31.4 Å². The number of amides is 1. The van der Waals surface area contributed by atoms with E-state index in [1.807, 2.05) is 0 Å². The van der Waals surface area contributed by atoms with Crippen molar-refractivity contribution >= 4 is 60.8 Å². The van der Waals surface area contributed by atoms with Crippen LogP contribution in [0.3, 0.4) is 0 Å². The Morgan fingerprint density at radius 2 is 2.07 bits per heavy atom. The normalized spacial score (nSPS) is 18.1. The van der Waals surface area contributed by atoms with Gasteiger partial charge in [-0.2, -0.15) is 4.31 Å². The molecule has 0 aliphatic carbocycles.